The number of rotatable bonds is 3. The first-order valence-electron chi connectivity index (χ1n) is 3.91. The molecular weight excluding hydrogens is 275 g/mol. The van der Waals surface area contributed by atoms with Crippen molar-refractivity contribution in [2.24, 2.45) is 0 Å². The molecule has 0 aliphatic carbocycles. The van der Waals surface area contributed by atoms with E-state index in [-0.39, 0.29) is 11.0 Å². The molecule has 0 saturated heterocycles. The summed E-state index contributed by atoms with van der Waals surface area (Å²) in [6.07, 6.45) is -3.01. The Balaban J connectivity index is 3.00. The molecule has 0 unspecified atom stereocenters. The Morgan fingerprint density at radius 3 is 2.60 bits per heavy atom. The van der Waals surface area contributed by atoms with Gasteiger partial charge in [-0.3, -0.25) is 4.79 Å². The van der Waals surface area contributed by atoms with Crippen molar-refractivity contribution < 1.29 is 18.0 Å². The summed E-state index contributed by atoms with van der Waals surface area (Å²) in [5.41, 5.74) is -0.387. The molecule has 1 N–H and O–H groups in total. The van der Waals surface area contributed by atoms with Gasteiger partial charge in [0.25, 0.3) is 0 Å². The fourth-order valence-electron chi connectivity index (χ4n) is 1.04. The van der Waals surface area contributed by atoms with Crippen molar-refractivity contribution >= 4 is 22.3 Å². The van der Waals surface area contributed by atoms with Crippen LogP contribution in [-0.2, 0) is 17.5 Å². The third kappa shape index (κ3) is 3.23. The number of alkyl halides is 3. The van der Waals surface area contributed by atoms with Crippen LogP contribution in [0.25, 0.3) is 0 Å². The predicted molar refractivity (Wildman–Crippen MR) is 51.7 cm³/mol. The molecule has 2 nitrogen and oxygen atoms in total. The van der Waals surface area contributed by atoms with Crippen LogP contribution >= 0.6 is 15.9 Å². The van der Waals surface area contributed by atoms with Crippen molar-refractivity contribution in [3.8, 4) is 0 Å². The smallest absolute Gasteiger partial charge is 0.344 e. The zero-order valence-corrected chi connectivity index (χ0v) is 8.95. The molecule has 1 radical (unpaired) electrons. The van der Waals surface area contributed by atoms with E-state index in [1.54, 1.807) is 0 Å². The Labute approximate surface area is 92.6 Å². The van der Waals surface area contributed by atoms with Crippen molar-refractivity contribution in [1.82, 2.24) is 5.32 Å². The Hall–Kier alpha value is -1.04. The van der Waals surface area contributed by atoms with Crippen LogP contribution in [0.5, 0.6) is 0 Å². The summed E-state index contributed by atoms with van der Waals surface area (Å²) in [6.45, 7) is 0.0276. The monoisotopic (exact) mass is 280 g/mol. The number of hydrogen-bond acceptors (Lipinski definition) is 1. The minimum absolute atomic E-state index is 0.0196. The second kappa shape index (κ2) is 4.65. The zero-order chi connectivity index (χ0) is 11.5. The van der Waals surface area contributed by atoms with Gasteiger partial charge >= 0.3 is 12.6 Å². The first kappa shape index (κ1) is 12.0. The van der Waals surface area contributed by atoms with Gasteiger partial charge in [0.2, 0.25) is 0 Å². The number of carbonyl (C=O) groups excluding carboxylic acids is 1. The Morgan fingerprint density at radius 1 is 1.40 bits per heavy atom. The summed E-state index contributed by atoms with van der Waals surface area (Å²) >= 11 is 2.82. The fraction of sp³-hybridized carbons (Fsp3) is 0.222. The first-order valence-corrected chi connectivity index (χ1v) is 4.70. The van der Waals surface area contributed by atoms with Crippen LogP contribution < -0.4 is 5.32 Å². The molecule has 0 spiro atoms. The van der Waals surface area contributed by atoms with E-state index in [2.05, 4.69) is 21.2 Å². The molecule has 1 aromatic rings. The molecule has 1 amide bonds. The van der Waals surface area contributed by atoms with Crippen LogP contribution in [0.2, 0.25) is 0 Å². The Bertz CT molecular complexity index is 365. The number of benzene rings is 1. The van der Waals surface area contributed by atoms with Gasteiger partial charge in [0.15, 0.2) is 0 Å². The largest absolute Gasteiger partial charge is 0.417 e. The SMILES string of the molecule is O=[C]NCc1ccc(Br)c(C(F)(F)F)c1. The van der Waals surface area contributed by atoms with Crippen LogP contribution in [0.4, 0.5) is 13.2 Å². The van der Waals surface area contributed by atoms with Gasteiger partial charge in [-0.15, -0.1) is 0 Å². The standard InChI is InChI=1S/C9H6BrF3NO/c10-8-2-1-6(4-14-5-15)3-7(8)9(11,12)13/h1-3H,4H2,(H,14,15). The molecule has 0 bridgehead atoms. The lowest BCUT2D eigenvalue weighted by Crippen LogP contribution is -2.12. The highest BCUT2D eigenvalue weighted by Gasteiger charge is 2.32. The zero-order valence-electron chi connectivity index (χ0n) is 7.36. The van der Waals surface area contributed by atoms with Gasteiger partial charge in [-0.25, -0.2) is 0 Å². The van der Waals surface area contributed by atoms with Gasteiger partial charge in [-0.2, -0.15) is 13.2 Å². The quantitative estimate of drug-likeness (QED) is 0.848. The van der Waals surface area contributed by atoms with Crippen LogP contribution in [-0.4, -0.2) is 6.41 Å². The Morgan fingerprint density at radius 2 is 2.07 bits per heavy atom. The molecule has 1 aromatic carbocycles. The predicted octanol–water partition coefficient (Wildman–Crippen LogP) is 2.62. The second-order valence-corrected chi connectivity index (χ2v) is 3.62. The third-order valence-corrected chi connectivity index (χ3v) is 2.39. The molecule has 1 rings (SSSR count). The minimum Gasteiger partial charge on any atom is -0.344 e. The number of hydrogen-bond donors (Lipinski definition) is 1. The summed E-state index contributed by atoms with van der Waals surface area (Å²) in [5, 5.41) is 2.17. The molecule has 0 heterocycles. The fourth-order valence-corrected chi connectivity index (χ4v) is 1.51. The van der Waals surface area contributed by atoms with E-state index in [0.717, 1.165) is 6.07 Å². The molecule has 0 aliphatic heterocycles. The molecule has 15 heavy (non-hydrogen) atoms. The van der Waals surface area contributed by atoms with E-state index in [4.69, 9.17) is 0 Å². The highest BCUT2D eigenvalue weighted by atomic mass is 79.9. The summed E-state index contributed by atoms with van der Waals surface area (Å²) in [6, 6.07) is 3.77. The van der Waals surface area contributed by atoms with Crippen LogP contribution in [0.1, 0.15) is 11.1 Å². The van der Waals surface area contributed by atoms with Crippen LogP contribution in [0.15, 0.2) is 22.7 Å². The van der Waals surface area contributed by atoms with E-state index < -0.39 is 11.7 Å². The second-order valence-electron chi connectivity index (χ2n) is 2.77. The van der Waals surface area contributed by atoms with Crippen molar-refractivity contribution in [1.29, 1.82) is 0 Å². The topological polar surface area (TPSA) is 29.1 Å². The van der Waals surface area contributed by atoms with E-state index in [0.29, 0.717) is 5.56 Å². The maximum Gasteiger partial charge on any atom is 0.417 e. The maximum absolute atomic E-state index is 12.4. The van der Waals surface area contributed by atoms with Gasteiger partial charge in [0, 0.05) is 11.0 Å². The van der Waals surface area contributed by atoms with Crippen LogP contribution in [0.3, 0.4) is 0 Å². The van der Waals surface area contributed by atoms with Crippen molar-refractivity contribution in [3.63, 3.8) is 0 Å². The summed E-state index contributed by atoms with van der Waals surface area (Å²) < 4.78 is 37.2. The molecular formula is C9H6BrF3NO. The summed E-state index contributed by atoms with van der Waals surface area (Å²) in [4.78, 5) is 9.86. The van der Waals surface area contributed by atoms with Crippen molar-refractivity contribution in [3.05, 3.63) is 33.8 Å². The molecule has 6 heteroatoms. The van der Waals surface area contributed by atoms with Crippen molar-refractivity contribution in [2.75, 3.05) is 0 Å². The van der Waals surface area contributed by atoms with Crippen LogP contribution in [0, 0.1) is 0 Å². The molecule has 0 aromatic heterocycles. The lowest BCUT2D eigenvalue weighted by atomic mass is 10.1. The molecule has 0 fully saturated rings. The average Bonchev–Trinajstić information content (AvgIpc) is 2.15. The van der Waals surface area contributed by atoms with Gasteiger partial charge in [-0.05, 0) is 17.7 Å². The molecule has 0 aliphatic rings. The van der Waals surface area contributed by atoms with E-state index in [1.165, 1.54) is 18.5 Å². The average molecular weight is 281 g/mol. The molecule has 0 atom stereocenters. The lowest BCUT2D eigenvalue weighted by molar-refractivity contribution is -0.138. The number of nitrogens with one attached hydrogen (secondary N) is 1. The van der Waals surface area contributed by atoms with E-state index in [9.17, 15) is 18.0 Å². The normalized spacial score (nSPS) is 11.2. The van der Waals surface area contributed by atoms with E-state index in [1.807, 2.05) is 0 Å². The third-order valence-electron chi connectivity index (χ3n) is 1.70. The highest BCUT2D eigenvalue weighted by molar-refractivity contribution is 9.10. The summed E-state index contributed by atoms with van der Waals surface area (Å²) in [7, 11) is 0. The number of amides is 1. The number of halogens is 4. The summed E-state index contributed by atoms with van der Waals surface area (Å²) in [5.74, 6) is 0. The van der Waals surface area contributed by atoms with Gasteiger partial charge < -0.3 is 5.32 Å². The first-order chi connectivity index (χ1) is 6.95. The molecule has 81 valence electrons. The molecule has 0 saturated carbocycles. The van der Waals surface area contributed by atoms with E-state index >= 15 is 0 Å². The van der Waals surface area contributed by atoms with Crippen molar-refractivity contribution in [2.45, 2.75) is 12.7 Å². The maximum atomic E-state index is 12.4. The Kier molecular flexibility index (Phi) is 3.73. The minimum atomic E-state index is -4.40. The highest BCUT2D eigenvalue weighted by Crippen LogP contribution is 2.35. The lowest BCUT2D eigenvalue weighted by Gasteiger charge is -2.10. The van der Waals surface area contributed by atoms with Gasteiger partial charge in [0.05, 0.1) is 5.56 Å². The van der Waals surface area contributed by atoms with Gasteiger partial charge in [-0.1, -0.05) is 22.0 Å². The van der Waals surface area contributed by atoms with Gasteiger partial charge in [0.1, 0.15) is 0 Å².